The predicted octanol–water partition coefficient (Wildman–Crippen LogP) is 4.85. The fourth-order valence-electron chi connectivity index (χ4n) is 2.06. The molecule has 0 amide bonds. The van der Waals surface area contributed by atoms with Gasteiger partial charge in [0.25, 0.3) is 0 Å². The van der Waals surface area contributed by atoms with Crippen LogP contribution in [0.25, 0.3) is 0 Å². The summed E-state index contributed by atoms with van der Waals surface area (Å²) in [7, 11) is 1.68. The molecular formula is C16H17Cl2NO. The molecule has 0 saturated heterocycles. The van der Waals surface area contributed by atoms with Gasteiger partial charge in [0, 0.05) is 28.2 Å². The van der Waals surface area contributed by atoms with Gasteiger partial charge in [-0.2, -0.15) is 0 Å². The summed E-state index contributed by atoms with van der Waals surface area (Å²) in [5.74, 6) is 0.884. The normalized spacial score (nSPS) is 12.2. The number of hydrogen-bond acceptors (Lipinski definition) is 2. The number of para-hydroxylation sites is 1. The lowest BCUT2D eigenvalue weighted by Crippen LogP contribution is -2.18. The molecule has 0 unspecified atom stereocenters. The maximum atomic E-state index is 6.17. The number of nitrogens with one attached hydrogen (secondary N) is 1. The highest BCUT2D eigenvalue weighted by Crippen LogP contribution is 2.26. The molecule has 20 heavy (non-hydrogen) atoms. The average molecular weight is 310 g/mol. The molecular weight excluding hydrogens is 293 g/mol. The molecule has 0 saturated carbocycles. The second-order valence-corrected chi connectivity index (χ2v) is 5.42. The first-order chi connectivity index (χ1) is 9.61. The van der Waals surface area contributed by atoms with Crippen molar-refractivity contribution in [3.8, 4) is 5.75 Å². The highest BCUT2D eigenvalue weighted by atomic mass is 35.5. The molecule has 4 heteroatoms. The van der Waals surface area contributed by atoms with Crippen LogP contribution in [0, 0.1) is 0 Å². The summed E-state index contributed by atoms with van der Waals surface area (Å²) in [5.41, 5.74) is 2.15. The second kappa shape index (κ2) is 6.98. The molecule has 1 atom stereocenters. The standard InChI is InChI=1S/C16H17Cl2NO/c1-11(14-5-3-4-6-16(14)20-2)19-10-12-7-8-13(17)9-15(12)18/h3-9,11,19H,10H2,1-2H3/t11-/m1/s1. The predicted molar refractivity (Wildman–Crippen MR) is 84.7 cm³/mol. The van der Waals surface area contributed by atoms with E-state index in [0.29, 0.717) is 16.6 Å². The number of halogens is 2. The zero-order valence-corrected chi connectivity index (χ0v) is 13.0. The molecule has 0 aromatic heterocycles. The van der Waals surface area contributed by atoms with Crippen LogP contribution in [0.5, 0.6) is 5.75 Å². The van der Waals surface area contributed by atoms with Gasteiger partial charge in [-0.15, -0.1) is 0 Å². The summed E-state index contributed by atoms with van der Waals surface area (Å²) in [6.07, 6.45) is 0. The number of benzene rings is 2. The van der Waals surface area contributed by atoms with Crippen molar-refractivity contribution in [2.75, 3.05) is 7.11 Å². The Hall–Kier alpha value is -1.22. The quantitative estimate of drug-likeness (QED) is 0.852. The lowest BCUT2D eigenvalue weighted by Gasteiger charge is -2.17. The van der Waals surface area contributed by atoms with E-state index in [1.807, 2.05) is 30.3 Å². The Morgan fingerprint density at radius 1 is 1.15 bits per heavy atom. The van der Waals surface area contributed by atoms with Gasteiger partial charge in [-0.3, -0.25) is 0 Å². The Bertz CT molecular complexity index is 586. The number of hydrogen-bond donors (Lipinski definition) is 1. The molecule has 2 rings (SSSR count). The van der Waals surface area contributed by atoms with E-state index in [4.69, 9.17) is 27.9 Å². The first-order valence-corrected chi connectivity index (χ1v) is 7.17. The Morgan fingerprint density at radius 2 is 1.90 bits per heavy atom. The minimum absolute atomic E-state index is 0.165. The van der Waals surface area contributed by atoms with Crippen LogP contribution >= 0.6 is 23.2 Å². The van der Waals surface area contributed by atoms with E-state index >= 15 is 0 Å². The van der Waals surface area contributed by atoms with Crippen LogP contribution in [0.15, 0.2) is 42.5 Å². The minimum Gasteiger partial charge on any atom is -0.496 e. The summed E-state index contributed by atoms with van der Waals surface area (Å²) in [6, 6.07) is 13.7. The summed E-state index contributed by atoms with van der Waals surface area (Å²) in [6.45, 7) is 2.77. The van der Waals surface area contributed by atoms with Gasteiger partial charge in [-0.1, -0.05) is 47.5 Å². The third-order valence-electron chi connectivity index (χ3n) is 3.22. The summed E-state index contributed by atoms with van der Waals surface area (Å²) in [5, 5.41) is 4.77. The minimum atomic E-state index is 0.165. The summed E-state index contributed by atoms with van der Waals surface area (Å²) < 4.78 is 5.37. The molecule has 0 fully saturated rings. The van der Waals surface area contributed by atoms with E-state index in [0.717, 1.165) is 16.9 Å². The van der Waals surface area contributed by atoms with Crippen LogP contribution in [0.1, 0.15) is 24.1 Å². The maximum absolute atomic E-state index is 6.17. The van der Waals surface area contributed by atoms with Crippen molar-refractivity contribution in [1.29, 1.82) is 0 Å². The van der Waals surface area contributed by atoms with E-state index < -0.39 is 0 Å². The van der Waals surface area contributed by atoms with Crippen LogP contribution in [0.3, 0.4) is 0 Å². The van der Waals surface area contributed by atoms with Crippen molar-refractivity contribution in [1.82, 2.24) is 5.32 Å². The van der Waals surface area contributed by atoms with Gasteiger partial charge in [0.05, 0.1) is 7.11 Å². The van der Waals surface area contributed by atoms with E-state index in [2.05, 4.69) is 18.3 Å². The van der Waals surface area contributed by atoms with Gasteiger partial charge < -0.3 is 10.1 Å². The number of ether oxygens (including phenoxy) is 1. The monoisotopic (exact) mass is 309 g/mol. The molecule has 0 aliphatic rings. The molecule has 0 aliphatic carbocycles. The number of rotatable bonds is 5. The molecule has 2 aromatic carbocycles. The second-order valence-electron chi connectivity index (χ2n) is 4.58. The van der Waals surface area contributed by atoms with Gasteiger partial charge in [-0.25, -0.2) is 0 Å². The van der Waals surface area contributed by atoms with Crippen LogP contribution < -0.4 is 10.1 Å². The SMILES string of the molecule is COc1ccccc1[C@@H](C)NCc1ccc(Cl)cc1Cl. The van der Waals surface area contributed by atoms with Crippen molar-refractivity contribution in [3.63, 3.8) is 0 Å². The van der Waals surface area contributed by atoms with E-state index in [9.17, 15) is 0 Å². The first-order valence-electron chi connectivity index (χ1n) is 6.42. The molecule has 0 bridgehead atoms. The van der Waals surface area contributed by atoms with Crippen molar-refractivity contribution in [2.45, 2.75) is 19.5 Å². The van der Waals surface area contributed by atoms with Gasteiger partial charge in [0.2, 0.25) is 0 Å². The lowest BCUT2D eigenvalue weighted by atomic mass is 10.1. The molecule has 0 heterocycles. The van der Waals surface area contributed by atoms with Crippen molar-refractivity contribution in [3.05, 3.63) is 63.6 Å². The summed E-state index contributed by atoms with van der Waals surface area (Å²) >= 11 is 12.1. The third-order valence-corrected chi connectivity index (χ3v) is 3.81. The molecule has 106 valence electrons. The van der Waals surface area contributed by atoms with Crippen molar-refractivity contribution in [2.24, 2.45) is 0 Å². The highest BCUT2D eigenvalue weighted by molar-refractivity contribution is 6.35. The third kappa shape index (κ3) is 3.66. The van der Waals surface area contributed by atoms with Crippen molar-refractivity contribution < 1.29 is 4.74 Å². The highest BCUT2D eigenvalue weighted by Gasteiger charge is 2.11. The zero-order valence-electron chi connectivity index (χ0n) is 11.5. The van der Waals surface area contributed by atoms with Gasteiger partial charge in [-0.05, 0) is 30.7 Å². The van der Waals surface area contributed by atoms with Crippen LogP contribution in [0.4, 0.5) is 0 Å². The average Bonchev–Trinajstić information content (AvgIpc) is 2.46. The molecule has 2 aromatic rings. The lowest BCUT2D eigenvalue weighted by molar-refractivity contribution is 0.401. The Kier molecular flexibility index (Phi) is 5.30. The smallest absolute Gasteiger partial charge is 0.123 e. The first kappa shape index (κ1) is 15.2. The van der Waals surface area contributed by atoms with E-state index in [1.165, 1.54) is 0 Å². The fraction of sp³-hybridized carbons (Fsp3) is 0.250. The molecule has 2 nitrogen and oxygen atoms in total. The fourth-order valence-corrected chi connectivity index (χ4v) is 2.54. The van der Waals surface area contributed by atoms with Gasteiger partial charge >= 0.3 is 0 Å². The van der Waals surface area contributed by atoms with Crippen LogP contribution in [0.2, 0.25) is 10.0 Å². The summed E-state index contributed by atoms with van der Waals surface area (Å²) in [4.78, 5) is 0. The van der Waals surface area contributed by atoms with Crippen LogP contribution in [-0.4, -0.2) is 7.11 Å². The Morgan fingerprint density at radius 3 is 2.60 bits per heavy atom. The molecule has 1 N–H and O–H groups in total. The topological polar surface area (TPSA) is 21.3 Å². The molecule has 0 aliphatic heterocycles. The Balaban J connectivity index is 2.06. The largest absolute Gasteiger partial charge is 0.496 e. The van der Waals surface area contributed by atoms with E-state index in [1.54, 1.807) is 13.2 Å². The molecule has 0 spiro atoms. The van der Waals surface area contributed by atoms with Crippen molar-refractivity contribution >= 4 is 23.2 Å². The maximum Gasteiger partial charge on any atom is 0.123 e. The number of methoxy groups -OCH3 is 1. The van der Waals surface area contributed by atoms with Gasteiger partial charge in [0.1, 0.15) is 5.75 Å². The van der Waals surface area contributed by atoms with Crippen LogP contribution in [-0.2, 0) is 6.54 Å². The Labute approximate surface area is 129 Å². The van der Waals surface area contributed by atoms with Gasteiger partial charge in [0.15, 0.2) is 0 Å². The van der Waals surface area contributed by atoms with E-state index in [-0.39, 0.29) is 6.04 Å². The molecule has 0 radical (unpaired) electrons. The zero-order chi connectivity index (χ0) is 14.5.